The van der Waals surface area contributed by atoms with Gasteiger partial charge in [-0.05, 0) is 18.5 Å². The molecule has 0 N–H and O–H groups in total. The van der Waals surface area contributed by atoms with Crippen LogP contribution in [0.5, 0.6) is 0 Å². The van der Waals surface area contributed by atoms with Crippen molar-refractivity contribution in [1.82, 2.24) is 0 Å². The van der Waals surface area contributed by atoms with Crippen LogP contribution in [-0.4, -0.2) is 16.1 Å². The molecule has 1 rings (SSSR count). The van der Waals surface area contributed by atoms with Gasteiger partial charge in [-0.25, -0.2) is 0 Å². The Labute approximate surface area is 104 Å². The van der Waals surface area contributed by atoms with Crippen molar-refractivity contribution >= 4 is 33.7 Å². The Kier molecular flexibility index (Phi) is 5.03. The van der Waals surface area contributed by atoms with E-state index in [4.69, 9.17) is 11.6 Å². The molecule has 4 heteroatoms. The van der Waals surface area contributed by atoms with Crippen LogP contribution in [0.2, 0.25) is 0 Å². The van der Waals surface area contributed by atoms with Gasteiger partial charge in [-0.3, -0.25) is 9.59 Å². The molecule has 0 aliphatic rings. The number of benzene rings is 1. The highest BCUT2D eigenvalue weighted by molar-refractivity contribution is 8.14. The number of hydrogen-bond acceptors (Lipinski definition) is 3. The van der Waals surface area contributed by atoms with Gasteiger partial charge < -0.3 is 0 Å². The molecule has 86 valence electrons. The summed E-state index contributed by atoms with van der Waals surface area (Å²) in [5.74, 6) is 0.135. The maximum atomic E-state index is 11.7. The van der Waals surface area contributed by atoms with Gasteiger partial charge in [0.25, 0.3) is 0 Å². The van der Waals surface area contributed by atoms with E-state index >= 15 is 0 Å². The fourth-order valence-electron chi connectivity index (χ4n) is 1.04. The average Bonchev–Trinajstić information content (AvgIpc) is 2.26. The van der Waals surface area contributed by atoms with E-state index in [2.05, 4.69) is 0 Å². The van der Waals surface area contributed by atoms with Crippen LogP contribution in [0.1, 0.15) is 22.8 Å². The molecule has 0 aromatic heterocycles. The van der Waals surface area contributed by atoms with Gasteiger partial charge in [-0.1, -0.05) is 48.5 Å². The van der Waals surface area contributed by atoms with Gasteiger partial charge in [0, 0.05) is 17.2 Å². The van der Waals surface area contributed by atoms with Crippen molar-refractivity contribution in [2.24, 2.45) is 5.92 Å². The molecule has 0 aliphatic heterocycles. The molecule has 0 aliphatic carbocycles. The third kappa shape index (κ3) is 3.99. The lowest BCUT2D eigenvalue weighted by atomic mass is 10.2. The number of carbonyl (C=O) groups excluding carboxylic acids is 2. The first-order chi connectivity index (χ1) is 7.50. The molecule has 0 saturated carbocycles. The van der Waals surface area contributed by atoms with E-state index < -0.39 is 5.24 Å². The fraction of sp³-hybridized carbons (Fsp3) is 0.333. The van der Waals surface area contributed by atoms with E-state index in [0.717, 1.165) is 17.3 Å². The zero-order valence-electron chi connectivity index (χ0n) is 9.20. The quantitative estimate of drug-likeness (QED) is 0.776. The third-order valence-corrected chi connectivity index (χ3v) is 3.68. The van der Waals surface area contributed by atoms with E-state index in [1.807, 2.05) is 19.1 Å². The van der Waals surface area contributed by atoms with Crippen LogP contribution in [0.15, 0.2) is 24.3 Å². The molecule has 0 heterocycles. The summed E-state index contributed by atoms with van der Waals surface area (Å²) in [7, 11) is 0. The third-order valence-electron chi connectivity index (χ3n) is 2.14. The second-order valence-electron chi connectivity index (χ2n) is 3.67. The number of rotatable bonds is 4. The van der Waals surface area contributed by atoms with Crippen molar-refractivity contribution in [3.05, 3.63) is 35.4 Å². The number of halogens is 1. The Bertz CT molecular complexity index is 387. The van der Waals surface area contributed by atoms with Crippen molar-refractivity contribution in [3.63, 3.8) is 0 Å². The molecular weight excluding hydrogens is 244 g/mol. The summed E-state index contributed by atoms with van der Waals surface area (Å²) in [6, 6.07) is 7.36. The molecule has 0 saturated heterocycles. The van der Waals surface area contributed by atoms with Gasteiger partial charge in [0.15, 0.2) is 0 Å². The summed E-state index contributed by atoms with van der Waals surface area (Å²) >= 11 is 6.44. The van der Waals surface area contributed by atoms with Crippen LogP contribution in [0.4, 0.5) is 0 Å². The van der Waals surface area contributed by atoms with Crippen LogP contribution in [0, 0.1) is 12.8 Å². The van der Waals surface area contributed by atoms with Crippen LogP contribution in [0.3, 0.4) is 0 Å². The van der Waals surface area contributed by atoms with Gasteiger partial charge in [0.05, 0.1) is 0 Å². The normalized spacial score (nSPS) is 12.2. The lowest BCUT2D eigenvalue weighted by Gasteiger charge is -2.04. The number of thioether (sulfide) groups is 1. The Morgan fingerprint density at radius 2 is 1.88 bits per heavy atom. The van der Waals surface area contributed by atoms with Crippen molar-refractivity contribution in [3.8, 4) is 0 Å². The second kappa shape index (κ2) is 6.06. The smallest absolute Gasteiger partial charge is 0.225 e. The van der Waals surface area contributed by atoms with Gasteiger partial charge >= 0.3 is 0 Å². The predicted molar refractivity (Wildman–Crippen MR) is 68.0 cm³/mol. The molecule has 0 radical (unpaired) electrons. The second-order valence-corrected chi connectivity index (χ2v) is 5.03. The molecule has 16 heavy (non-hydrogen) atoms. The molecule has 0 bridgehead atoms. The lowest BCUT2D eigenvalue weighted by molar-refractivity contribution is -0.114. The lowest BCUT2D eigenvalue weighted by Crippen LogP contribution is -2.08. The summed E-state index contributed by atoms with van der Waals surface area (Å²) in [5.41, 5.74) is 1.77. The molecule has 1 unspecified atom stereocenters. The van der Waals surface area contributed by atoms with Gasteiger partial charge in [-0.2, -0.15) is 0 Å². The Morgan fingerprint density at radius 1 is 1.31 bits per heavy atom. The largest absolute Gasteiger partial charge is 0.282 e. The standard InChI is InChI=1S/C12H13ClO2S/c1-8-3-5-10(6-4-8)12(15)16-7-9(2)11(13)14/h3-6,9H,7H2,1-2H3. The minimum Gasteiger partial charge on any atom is -0.282 e. The predicted octanol–water partition coefficient (Wildman–Crippen LogP) is 3.27. The summed E-state index contributed by atoms with van der Waals surface area (Å²) in [5, 5.41) is -0.422. The van der Waals surface area contributed by atoms with Crippen molar-refractivity contribution in [1.29, 1.82) is 0 Å². The monoisotopic (exact) mass is 256 g/mol. The molecule has 0 spiro atoms. The van der Waals surface area contributed by atoms with E-state index in [1.54, 1.807) is 19.1 Å². The minimum atomic E-state index is -0.399. The summed E-state index contributed by atoms with van der Waals surface area (Å²) in [6.07, 6.45) is 0. The van der Waals surface area contributed by atoms with Gasteiger partial charge in [0.2, 0.25) is 10.4 Å². The number of hydrogen-bond donors (Lipinski definition) is 0. The molecule has 0 amide bonds. The topological polar surface area (TPSA) is 34.1 Å². The SMILES string of the molecule is Cc1ccc(C(=O)SCC(C)C(=O)Cl)cc1. The summed E-state index contributed by atoms with van der Waals surface area (Å²) in [4.78, 5) is 22.5. The van der Waals surface area contributed by atoms with Crippen LogP contribution >= 0.6 is 23.4 Å². The minimum absolute atomic E-state index is 0.0234. The maximum absolute atomic E-state index is 11.7. The highest BCUT2D eigenvalue weighted by Crippen LogP contribution is 2.17. The maximum Gasteiger partial charge on any atom is 0.225 e. The van der Waals surface area contributed by atoms with E-state index in [9.17, 15) is 9.59 Å². The van der Waals surface area contributed by atoms with Crippen LogP contribution < -0.4 is 0 Å². The number of aryl methyl sites for hydroxylation is 1. The zero-order valence-corrected chi connectivity index (χ0v) is 10.8. The van der Waals surface area contributed by atoms with E-state index in [0.29, 0.717) is 11.3 Å². The first-order valence-corrected chi connectivity index (χ1v) is 6.30. The van der Waals surface area contributed by atoms with Crippen LogP contribution in [-0.2, 0) is 4.79 Å². The van der Waals surface area contributed by atoms with Crippen molar-refractivity contribution in [2.45, 2.75) is 13.8 Å². The van der Waals surface area contributed by atoms with Crippen molar-refractivity contribution < 1.29 is 9.59 Å². The Morgan fingerprint density at radius 3 is 2.38 bits per heavy atom. The van der Waals surface area contributed by atoms with E-state index in [-0.39, 0.29) is 11.0 Å². The molecule has 0 fully saturated rings. The zero-order chi connectivity index (χ0) is 12.1. The highest BCUT2D eigenvalue weighted by atomic mass is 35.5. The average molecular weight is 257 g/mol. The molecular formula is C12H13ClO2S. The molecule has 1 atom stereocenters. The molecule has 1 aromatic rings. The van der Waals surface area contributed by atoms with Gasteiger partial charge in [-0.15, -0.1) is 0 Å². The number of carbonyl (C=O) groups is 2. The Balaban J connectivity index is 2.53. The first-order valence-electron chi connectivity index (χ1n) is 4.94. The summed E-state index contributed by atoms with van der Waals surface area (Å²) < 4.78 is 0. The molecule has 1 aromatic carbocycles. The Hall–Kier alpha value is -0.800. The van der Waals surface area contributed by atoms with Crippen LogP contribution in [0.25, 0.3) is 0 Å². The van der Waals surface area contributed by atoms with Crippen molar-refractivity contribution in [2.75, 3.05) is 5.75 Å². The highest BCUT2D eigenvalue weighted by Gasteiger charge is 2.13. The summed E-state index contributed by atoms with van der Waals surface area (Å²) in [6.45, 7) is 3.68. The fourth-order valence-corrected chi connectivity index (χ4v) is 2.06. The molecule has 2 nitrogen and oxygen atoms in total. The van der Waals surface area contributed by atoms with E-state index in [1.165, 1.54) is 0 Å². The van der Waals surface area contributed by atoms with Gasteiger partial charge in [0.1, 0.15) is 0 Å². The first kappa shape index (κ1) is 13.3.